The van der Waals surface area contributed by atoms with Crippen molar-refractivity contribution >= 4 is 110 Å². The minimum Gasteiger partial charge on any atom is -0.135 e. The molecule has 0 fully saturated rings. The summed E-state index contributed by atoms with van der Waals surface area (Å²) in [5.74, 6) is 0. The number of hydrogen-bond donors (Lipinski definition) is 0. The van der Waals surface area contributed by atoms with Gasteiger partial charge in [-0.05, 0) is 46.5 Å². The summed E-state index contributed by atoms with van der Waals surface area (Å²) < 4.78 is 2.41. The van der Waals surface area contributed by atoms with Crippen molar-refractivity contribution < 1.29 is 0 Å². The molecule has 0 saturated carbocycles. The van der Waals surface area contributed by atoms with Crippen LogP contribution in [0.4, 0.5) is 0 Å². The molecule has 7 heteroatoms. The monoisotopic (exact) mass is 420 g/mol. The van der Waals surface area contributed by atoms with E-state index in [9.17, 15) is 0 Å². The topological polar surface area (TPSA) is 0 Å². The van der Waals surface area contributed by atoms with Gasteiger partial charge in [-0.25, -0.2) is 0 Å². The van der Waals surface area contributed by atoms with E-state index in [1.54, 1.807) is 11.3 Å². The molecule has 5 rings (SSSR count). The van der Waals surface area contributed by atoms with Crippen LogP contribution in [-0.4, -0.2) is 39.2 Å². The molecule has 134 valence electrons. The lowest BCUT2D eigenvalue weighted by Crippen LogP contribution is -2.55. The number of rotatable bonds is 2. The Morgan fingerprint density at radius 2 is 1.10 bits per heavy atom. The maximum atomic E-state index is 6.20. The Kier molecular flexibility index (Phi) is 5.11. The van der Waals surface area contributed by atoms with E-state index in [4.69, 9.17) is 50.8 Å². The van der Waals surface area contributed by atoms with Crippen LogP contribution in [0.25, 0.3) is 42.4 Å². The summed E-state index contributed by atoms with van der Waals surface area (Å²) in [5, 5.41) is 3.17. The van der Waals surface area contributed by atoms with Gasteiger partial charge in [0.05, 0.1) is 0 Å². The normalized spacial score (nSPS) is 11.4. The molecule has 1 aromatic heterocycles. The first-order valence-electron chi connectivity index (χ1n) is 9.59. The van der Waals surface area contributed by atoms with E-state index >= 15 is 0 Å². The molecular formula is C24H10B5ClS. The highest BCUT2D eigenvalue weighted by molar-refractivity contribution is 7.25. The van der Waals surface area contributed by atoms with Crippen molar-refractivity contribution in [3.8, 4) is 22.3 Å². The van der Waals surface area contributed by atoms with Gasteiger partial charge in [0.2, 0.25) is 0 Å². The summed E-state index contributed by atoms with van der Waals surface area (Å²) in [5.41, 5.74) is 5.01. The molecule has 0 aliphatic heterocycles. The lowest BCUT2D eigenvalue weighted by atomic mass is 9.59. The van der Waals surface area contributed by atoms with Crippen LogP contribution >= 0.6 is 22.9 Å². The summed E-state index contributed by atoms with van der Waals surface area (Å²) >= 11 is 7.90. The van der Waals surface area contributed by atoms with E-state index < -0.39 is 0 Å². The van der Waals surface area contributed by atoms with Crippen LogP contribution in [0.3, 0.4) is 0 Å². The average molecular weight is 420 g/mol. The van der Waals surface area contributed by atoms with Gasteiger partial charge in [-0.15, -0.1) is 27.7 Å². The quantitative estimate of drug-likeness (QED) is 0.384. The second-order valence-electron chi connectivity index (χ2n) is 7.47. The van der Waals surface area contributed by atoms with Gasteiger partial charge in [0, 0.05) is 25.2 Å². The summed E-state index contributed by atoms with van der Waals surface area (Å²) in [4.78, 5) is 0. The zero-order valence-electron chi connectivity index (χ0n) is 16.4. The molecular weight excluding hydrogens is 410 g/mol. The molecule has 4 aromatic carbocycles. The Morgan fingerprint density at radius 3 is 1.77 bits per heavy atom. The molecule has 0 N–H and O–H groups in total. The van der Waals surface area contributed by atoms with E-state index in [0.29, 0.717) is 16.5 Å². The standard InChI is InChI=1S/C24H10B5ClS/c25-20-19(21(26)23(28)24(29)22(20)27)12-3-1-11(2-4-12)13-5-8-17-16(9-13)15-7-6-14(30)10-18(15)31-17/h1-10H. The van der Waals surface area contributed by atoms with Gasteiger partial charge >= 0.3 is 0 Å². The fourth-order valence-corrected chi connectivity index (χ4v) is 5.28. The minimum atomic E-state index is 0.216. The van der Waals surface area contributed by atoms with Crippen molar-refractivity contribution in [3.05, 3.63) is 65.7 Å². The van der Waals surface area contributed by atoms with Crippen LogP contribution < -0.4 is 27.3 Å². The first-order chi connectivity index (χ1) is 14.8. The van der Waals surface area contributed by atoms with E-state index in [-0.39, 0.29) is 16.4 Å². The number of fused-ring (bicyclic) bond motifs is 3. The second-order valence-corrected chi connectivity index (χ2v) is 8.99. The van der Waals surface area contributed by atoms with Crippen molar-refractivity contribution in [2.45, 2.75) is 0 Å². The Labute approximate surface area is 197 Å². The molecule has 31 heavy (non-hydrogen) atoms. The van der Waals surface area contributed by atoms with Crippen LogP contribution in [0.2, 0.25) is 5.02 Å². The Balaban J connectivity index is 1.60. The van der Waals surface area contributed by atoms with Crippen molar-refractivity contribution in [1.82, 2.24) is 0 Å². The number of hydrogen-bond acceptors (Lipinski definition) is 1. The summed E-state index contributed by atoms with van der Waals surface area (Å²) in [7, 11) is 30.3. The van der Waals surface area contributed by atoms with Crippen LogP contribution in [0, 0.1) is 0 Å². The van der Waals surface area contributed by atoms with Crippen LogP contribution in [0.5, 0.6) is 0 Å². The number of halogens is 1. The van der Waals surface area contributed by atoms with E-state index in [2.05, 4.69) is 24.3 Å². The lowest BCUT2D eigenvalue weighted by molar-refractivity contribution is 1.64. The van der Waals surface area contributed by atoms with E-state index in [1.165, 1.54) is 20.2 Å². The molecule has 0 bridgehead atoms. The minimum absolute atomic E-state index is 0.216. The van der Waals surface area contributed by atoms with Gasteiger partial charge in [0.25, 0.3) is 0 Å². The van der Waals surface area contributed by atoms with Crippen LogP contribution in [0.1, 0.15) is 0 Å². The highest BCUT2D eigenvalue weighted by atomic mass is 35.5. The third-order valence-electron chi connectivity index (χ3n) is 5.64. The predicted molar refractivity (Wildman–Crippen MR) is 142 cm³/mol. The first-order valence-corrected chi connectivity index (χ1v) is 10.8. The summed E-state index contributed by atoms with van der Waals surface area (Å²) in [6, 6.07) is 20.5. The largest absolute Gasteiger partial charge is 0.135 e. The van der Waals surface area contributed by atoms with Gasteiger partial charge in [-0.1, -0.05) is 58.9 Å². The molecule has 5 aromatic rings. The second kappa shape index (κ2) is 7.69. The third kappa shape index (κ3) is 3.37. The van der Waals surface area contributed by atoms with Crippen LogP contribution in [-0.2, 0) is 0 Å². The van der Waals surface area contributed by atoms with Crippen molar-refractivity contribution in [3.63, 3.8) is 0 Å². The maximum absolute atomic E-state index is 6.20. The average Bonchev–Trinajstić information content (AvgIpc) is 3.13. The predicted octanol–water partition coefficient (Wildman–Crippen LogP) is 2.01. The van der Waals surface area contributed by atoms with Gasteiger partial charge in [0.15, 0.2) is 0 Å². The summed E-state index contributed by atoms with van der Waals surface area (Å²) in [6.45, 7) is 0. The smallest absolute Gasteiger partial charge is 0.113 e. The van der Waals surface area contributed by atoms with Gasteiger partial charge in [0.1, 0.15) is 39.2 Å². The molecule has 0 aliphatic carbocycles. The Bertz CT molecular complexity index is 1460. The van der Waals surface area contributed by atoms with Crippen molar-refractivity contribution in [2.75, 3.05) is 0 Å². The van der Waals surface area contributed by atoms with E-state index in [1.807, 2.05) is 36.4 Å². The molecule has 10 radical (unpaired) electrons. The number of benzene rings is 4. The molecule has 0 unspecified atom stereocenters. The molecule has 1 heterocycles. The van der Waals surface area contributed by atoms with Gasteiger partial charge in [-0.2, -0.15) is 0 Å². The zero-order valence-corrected chi connectivity index (χ0v) is 18.0. The SMILES string of the molecule is [B]c1c([B])c([B])c(-c2ccc(-c3ccc4sc5cc(Cl)ccc5c4c3)cc2)c([B])c1[B]. The Morgan fingerprint density at radius 1 is 0.516 bits per heavy atom. The molecule has 0 amide bonds. The van der Waals surface area contributed by atoms with E-state index in [0.717, 1.165) is 21.7 Å². The van der Waals surface area contributed by atoms with Gasteiger partial charge in [-0.3, -0.25) is 0 Å². The molecule has 0 nitrogen and oxygen atoms in total. The zero-order chi connectivity index (χ0) is 21.9. The fraction of sp³-hybridized carbons (Fsp3) is 0. The van der Waals surface area contributed by atoms with Crippen molar-refractivity contribution in [1.29, 1.82) is 0 Å². The molecule has 0 aliphatic rings. The molecule has 0 saturated heterocycles. The third-order valence-corrected chi connectivity index (χ3v) is 7.01. The Hall–Kier alpha value is -2.29. The lowest BCUT2D eigenvalue weighted by Gasteiger charge is -2.21. The van der Waals surface area contributed by atoms with Crippen molar-refractivity contribution in [2.24, 2.45) is 0 Å². The molecule has 0 spiro atoms. The molecule has 0 atom stereocenters. The highest BCUT2D eigenvalue weighted by Gasteiger charge is 2.13. The summed E-state index contributed by atoms with van der Waals surface area (Å²) in [6.07, 6.45) is 0. The highest BCUT2D eigenvalue weighted by Crippen LogP contribution is 2.37. The fourth-order valence-electron chi connectivity index (χ4n) is 3.92. The van der Waals surface area contributed by atoms with Crippen LogP contribution in [0.15, 0.2) is 60.7 Å². The number of thiophene rings is 1. The van der Waals surface area contributed by atoms with Gasteiger partial charge < -0.3 is 0 Å². The maximum Gasteiger partial charge on any atom is 0.113 e. The first kappa shape index (κ1) is 20.6.